The molecule has 0 radical (unpaired) electrons. The summed E-state index contributed by atoms with van der Waals surface area (Å²) in [5, 5.41) is 5.11. The lowest BCUT2D eigenvalue weighted by Gasteiger charge is -2.13. The Bertz CT molecular complexity index is 790. The van der Waals surface area contributed by atoms with E-state index in [0.29, 0.717) is 17.3 Å². The summed E-state index contributed by atoms with van der Waals surface area (Å²) in [6.07, 6.45) is 0. The Labute approximate surface area is 146 Å². The number of rotatable bonds is 5. The molecule has 1 heterocycles. The Morgan fingerprint density at radius 2 is 1.80 bits per heavy atom. The maximum atomic E-state index is 12.1. The molecule has 0 atom stereocenters. The summed E-state index contributed by atoms with van der Waals surface area (Å²) < 4.78 is 10.4. The molecular weight excluding hydrogens is 322 g/mol. The van der Waals surface area contributed by atoms with Gasteiger partial charge in [0.15, 0.2) is 0 Å². The number of pyridine rings is 1. The maximum Gasteiger partial charge on any atom is 0.313 e. The number of ether oxygens (including phenoxy) is 2. The van der Waals surface area contributed by atoms with Crippen LogP contribution in [0.5, 0.6) is 11.6 Å². The highest BCUT2D eigenvalue weighted by Gasteiger charge is 2.17. The third-order valence-corrected chi connectivity index (χ3v) is 3.62. The maximum absolute atomic E-state index is 12.1. The standard InChI is InChI=1S/C18H21N3O4/c1-11-9-12(2)20-18(25-4)13(11)10-19-16(22)17(23)21-14-7-5-6-8-15(14)24-3/h5-9H,10H2,1-4H3,(H,19,22)(H,21,23). The van der Waals surface area contributed by atoms with Crippen LogP contribution >= 0.6 is 0 Å². The number of aryl methyl sites for hydroxylation is 2. The van der Waals surface area contributed by atoms with Crippen molar-refractivity contribution in [2.24, 2.45) is 0 Å². The van der Waals surface area contributed by atoms with Gasteiger partial charge in [-0.15, -0.1) is 0 Å². The summed E-state index contributed by atoms with van der Waals surface area (Å²) >= 11 is 0. The highest BCUT2D eigenvalue weighted by Crippen LogP contribution is 2.23. The van der Waals surface area contributed by atoms with Crippen molar-refractivity contribution in [3.05, 3.63) is 47.2 Å². The third-order valence-electron chi connectivity index (χ3n) is 3.62. The fraction of sp³-hybridized carbons (Fsp3) is 0.278. The Morgan fingerprint density at radius 1 is 1.08 bits per heavy atom. The zero-order chi connectivity index (χ0) is 18.4. The van der Waals surface area contributed by atoms with Crippen molar-refractivity contribution in [2.75, 3.05) is 19.5 Å². The monoisotopic (exact) mass is 343 g/mol. The average molecular weight is 343 g/mol. The predicted molar refractivity (Wildman–Crippen MR) is 93.7 cm³/mol. The molecule has 2 rings (SSSR count). The Hall–Kier alpha value is -3.09. The van der Waals surface area contributed by atoms with Gasteiger partial charge in [0, 0.05) is 17.8 Å². The van der Waals surface area contributed by atoms with Crippen LogP contribution in [0.2, 0.25) is 0 Å². The molecule has 2 N–H and O–H groups in total. The van der Waals surface area contributed by atoms with E-state index in [1.807, 2.05) is 19.9 Å². The number of anilines is 1. The van der Waals surface area contributed by atoms with Crippen LogP contribution < -0.4 is 20.1 Å². The quantitative estimate of drug-likeness (QED) is 0.810. The van der Waals surface area contributed by atoms with E-state index >= 15 is 0 Å². The van der Waals surface area contributed by atoms with E-state index in [9.17, 15) is 9.59 Å². The van der Waals surface area contributed by atoms with Gasteiger partial charge in [-0.3, -0.25) is 9.59 Å². The van der Waals surface area contributed by atoms with Crippen molar-refractivity contribution in [1.29, 1.82) is 0 Å². The van der Waals surface area contributed by atoms with Crippen molar-refractivity contribution < 1.29 is 19.1 Å². The lowest BCUT2D eigenvalue weighted by Crippen LogP contribution is -2.35. The van der Waals surface area contributed by atoms with Gasteiger partial charge >= 0.3 is 11.8 Å². The zero-order valence-electron chi connectivity index (χ0n) is 14.7. The van der Waals surface area contributed by atoms with E-state index in [0.717, 1.165) is 16.8 Å². The third kappa shape index (κ3) is 4.47. The highest BCUT2D eigenvalue weighted by atomic mass is 16.5. The first-order valence-corrected chi connectivity index (χ1v) is 7.69. The van der Waals surface area contributed by atoms with E-state index in [1.165, 1.54) is 14.2 Å². The first-order chi connectivity index (χ1) is 12.0. The number of carbonyl (C=O) groups is 2. The largest absolute Gasteiger partial charge is 0.495 e. The van der Waals surface area contributed by atoms with Crippen molar-refractivity contribution >= 4 is 17.5 Å². The molecule has 7 heteroatoms. The summed E-state index contributed by atoms with van der Waals surface area (Å²) in [6, 6.07) is 8.75. The molecule has 0 fully saturated rings. The van der Waals surface area contributed by atoms with Crippen LogP contribution in [0.4, 0.5) is 5.69 Å². The van der Waals surface area contributed by atoms with E-state index in [2.05, 4.69) is 15.6 Å². The minimum Gasteiger partial charge on any atom is -0.495 e. The molecular formula is C18H21N3O4. The predicted octanol–water partition coefficient (Wildman–Crippen LogP) is 1.97. The SMILES string of the molecule is COc1ccccc1NC(=O)C(=O)NCc1c(C)cc(C)nc1OC. The number of benzene rings is 1. The molecule has 7 nitrogen and oxygen atoms in total. The van der Waals surface area contributed by atoms with Gasteiger partial charge in [-0.25, -0.2) is 4.98 Å². The van der Waals surface area contributed by atoms with Crippen molar-refractivity contribution in [3.63, 3.8) is 0 Å². The van der Waals surface area contributed by atoms with Gasteiger partial charge in [0.1, 0.15) is 5.75 Å². The molecule has 0 aliphatic heterocycles. The fourth-order valence-electron chi connectivity index (χ4n) is 2.39. The molecule has 0 bridgehead atoms. The molecule has 0 spiro atoms. The molecule has 1 aromatic heterocycles. The number of hydrogen-bond donors (Lipinski definition) is 2. The number of methoxy groups -OCH3 is 2. The number of para-hydroxylation sites is 2. The smallest absolute Gasteiger partial charge is 0.313 e. The minimum atomic E-state index is -0.777. The minimum absolute atomic E-state index is 0.139. The van der Waals surface area contributed by atoms with Gasteiger partial charge in [0.05, 0.1) is 19.9 Å². The van der Waals surface area contributed by atoms with Crippen LogP contribution in [0, 0.1) is 13.8 Å². The molecule has 0 aliphatic rings. The van der Waals surface area contributed by atoms with Gasteiger partial charge in [-0.1, -0.05) is 12.1 Å². The topological polar surface area (TPSA) is 89.5 Å². The van der Waals surface area contributed by atoms with Gasteiger partial charge in [-0.2, -0.15) is 0 Å². The Morgan fingerprint density at radius 3 is 2.48 bits per heavy atom. The molecule has 2 aromatic rings. The van der Waals surface area contributed by atoms with E-state index < -0.39 is 11.8 Å². The fourth-order valence-corrected chi connectivity index (χ4v) is 2.39. The second-order valence-corrected chi connectivity index (χ2v) is 5.41. The normalized spacial score (nSPS) is 10.1. The first-order valence-electron chi connectivity index (χ1n) is 7.69. The molecule has 0 aliphatic carbocycles. The molecule has 0 unspecified atom stereocenters. The van der Waals surface area contributed by atoms with Gasteiger partial charge < -0.3 is 20.1 Å². The van der Waals surface area contributed by atoms with E-state index in [4.69, 9.17) is 9.47 Å². The number of amides is 2. The highest BCUT2D eigenvalue weighted by molar-refractivity contribution is 6.39. The van der Waals surface area contributed by atoms with Crippen LogP contribution in [0.15, 0.2) is 30.3 Å². The summed E-state index contributed by atoms with van der Waals surface area (Å²) in [5.41, 5.74) is 2.90. The summed E-state index contributed by atoms with van der Waals surface area (Å²) in [5.74, 6) is -0.624. The molecule has 0 saturated carbocycles. The van der Waals surface area contributed by atoms with Crippen molar-refractivity contribution in [2.45, 2.75) is 20.4 Å². The Balaban J connectivity index is 2.04. The van der Waals surface area contributed by atoms with Gasteiger partial charge in [-0.05, 0) is 37.6 Å². The van der Waals surface area contributed by atoms with E-state index in [1.54, 1.807) is 24.3 Å². The average Bonchev–Trinajstić information content (AvgIpc) is 2.60. The second kappa shape index (κ2) is 8.14. The van der Waals surface area contributed by atoms with Crippen LogP contribution in [0.1, 0.15) is 16.8 Å². The lowest BCUT2D eigenvalue weighted by molar-refractivity contribution is -0.136. The zero-order valence-corrected chi connectivity index (χ0v) is 14.7. The van der Waals surface area contributed by atoms with Gasteiger partial charge in [0.2, 0.25) is 5.88 Å². The van der Waals surface area contributed by atoms with Crippen LogP contribution in [-0.4, -0.2) is 31.0 Å². The molecule has 2 amide bonds. The first kappa shape index (κ1) is 18.3. The molecule has 25 heavy (non-hydrogen) atoms. The number of nitrogens with zero attached hydrogens (tertiary/aromatic N) is 1. The van der Waals surface area contributed by atoms with Crippen LogP contribution in [0.25, 0.3) is 0 Å². The Kier molecular flexibility index (Phi) is 5.94. The van der Waals surface area contributed by atoms with Crippen LogP contribution in [-0.2, 0) is 16.1 Å². The summed E-state index contributed by atoms with van der Waals surface area (Å²) in [4.78, 5) is 28.4. The van der Waals surface area contributed by atoms with Crippen molar-refractivity contribution in [1.82, 2.24) is 10.3 Å². The molecule has 1 aromatic carbocycles. The second-order valence-electron chi connectivity index (χ2n) is 5.41. The molecule has 132 valence electrons. The van der Waals surface area contributed by atoms with Crippen LogP contribution in [0.3, 0.4) is 0 Å². The number of nitrogens with one attached hydrogen (secondary N) is 2. The molecule has 0 saturated heterocycles. The van der Waals surface area contributed by atoms with Crippen molar-refractivity contribution in [3.8, 4) is 11.6 Å². The number of carbonyl (C=O) groups excluding carboxylic acids is 2. The lowest BCUT2D eigenvalue weighted by atomic mass is 10.1. The summed E-state index contributed by atoms with van der Waals surface area (Å²) in [7, 11) is 3.01. The number of aromatic nitrogens is 1. The summed E-state index contributed by atoms with van der Waals surface area (Å²) in [6.45, 7) is 3.90. The number of hydrogen-bond acceptors (Lipinski definition) is 5. The van der Waals surface area contributed by atoms with Gasteiger partial charge in [0.25, 0.3) is 0 Å². The van der Waals surface area contributed by atoms with E-state index in [-0.39, 0.29) is 6.54 Å².